The van der Waals surface area contributed by atoms with Crippen molar-refractivity contribution in [3.05, 3.63) is 89.2 Å². The lowest BCUT2D eigenvalue weighted by atomic mass is 9.89. The molecule has 2 aliphatic rings. The van der Waals surface area contributed by atoms with E-state index in [4.69, 9.17) is 5.11 Å². The number of alkyl halides is 1. The third-order valence-electron chi connectivity index (χ3n) is 8.08. The predicted octanol–water partition coefficient (Wildman–Crippen LogP) is 4.25. The topological polar surface area (TPSA) is 103 Å². The van der Waals surface area contributed by atoms with Crippen molar-refractivity contribution >= 4 is 29.0 Å². The quantitative estimate of drug-likeness (QED) is 0.355. The number of carbonyl (C=O) groups is 2. The van der Waals surface area contributed by atoms with Crippen LogP contribution < -0.4 is 10.2 Å². The van der Waals surface area contributed by atoms with Gasteiger partial charge in [0.1, 0.15) is 35.8 Å². The highest BCUT2D eigenvalue weighted by Gasteiger charge is 2.36. The molecule has 0 bridgehead atoms. The van der Waals surface area contributed by atoms with E-state index >= 15 is 0 Å². The molecule has 0 unspecified atom stereocenters. The first-order valence-electron chi connectivity index (χ1n) is 13.8. The molecule has 2 aromatic carbocycles. The summed E-state index contributed by atoms with van der Waals surface area (Å²) in [6.07, 6.45) is 3.29. The molecule has 2 saturated heterocycles. The fraction of sp³-hybridized carbons (Fsp3) is 0.333. The van der Waals surface area contributed by atoms with Gasteiger partial charge in [0, 0.05) is 37.0 Å². The molecule has 0 aliphatic carbocycles. The first-order chi connectivity index (χ1) is 20.3. The molecule has 2 aromatic heterocycles. The maximum atomic E-state index is 14.6. The summed E-state index contributed by atoms with van der Waals surface area (Å²) < 4.78 is 44.5. The van der Waals surface area contributed by atoms with Gasteiger partial charge < -0.3 is 20.2 Å². The Kier molecular flexibility index (Phi) is 7.55. The SMILES string of the molecule is O=C(Nc1ccc(C2CCN(C(=O)CO)CC2)cc1)c1cnn2ccc(N3C[C@@H](F)C[C@@H]3c3cc(F)ccc3F)nc12. The van der Waals surface area contributed by atoms with Crippen molar-refractivity contribution in [1.29, 1.82) is 0 Å². The van der Waals surface area contributed by atoms with Gasteiger partial charge in [-0.05, 0) is 60.7 Å². The molecule has 2 N–H and O–H groups in total. The van der Waals surface area contributed by atoms with Gasteiger partial charge in [0.25, 0.3) is 5.91 Å². The molecule has 12 heteroatoms. The van der Waals surface area contributed by atoms with Crippen LogP contribution in [0.25, 0.3) is 5.65 Å². The number of amides is 2. The van der Waals surface area contributed by atoms with Crippen molar-refractivity contribution in [3.8, 4) is 0 Å². The van der Waals surface area contributed by atoms with Crippen molar-refractivity contribution < 1.29 is 27.9 Å². The molecule has 2 aliphatic heterocycles. The van der Waals surface area contributed by atoms with Gasteiger partial charge in [-0.25, -0.2) is 22.7 Å². The van der Waals surface area contributed by atoms with Crippen molar-refractivity contribution in [1.82, 2.24) is 19.5 Å². The van der Waals surface area contributed by atoms with Crippen molar-refractivity contribution in [3.63, 3.8) is 0 Å². The van der Waals surface area contributed by atoms with Crippen LogP contribution in [0.5, 0.6) is 0 Å². The van der Waals surface area contributed by atoms with Gasteiger partial charge in [0.2, 0.25) is 5.91 Å². The molecule has 2 amide bonds. The van der Waals surface area contributed by atoms with E-state index in [1.807, 2.05) is 24.3 Å². The maximum Gasteiger partial charge on any atom is 0.261 e. The standard InChI is InChI=1S/C30H29F3N6O3/c31-20-3-6-25(33)23(13-20)26-14-21(32)16-38(26)27-9-12-39-29(36-27)24(15-34-39)30(42)35-22-4-1-18(2-5-22)19-7-10-37(11-8-19)28(41)17-40/h1-6,9,12-13,15,19,21,26,40H,7-8,10-11,14,16-17H2,(H,35,42)/t21-,26+/m0/s1. The van der Waals surface area contributed by atoms with Gasteiger partial charge in [0.05, 0.1) is 18.8 Å². The molecule has 6 rings (SSSR count). The molecular weight excluding hydrogens is 549 g/mol. The Morgan fingerprint density at radius 3 is 2.55 bits per heavy atom. The van der Waals surface area contributed by atoms with E-state index < -0.39 is 36.4 Å². The number of aromatic nitrogens is 3. The minimum absolute atomic E-state index is 0.0181. The number of hydrogen-bond acceptors (Lipinski definition) is 6. The molecule has 9 nitrogen and oxygen atoms in total. The number of anilines is 2. The Morgan fingerprint density at radius 1 is 1.05 bits per heavy atom. The minimum Gasteiger partial charge on any atom is -0.387 e. The molecule has 2 fully saturated rings. The lowest BCUT2D eigenvalue weighted by Crippen LogP contribution is -2.39. The zero-order valence-electron chi connectivity index (χ0n) is 22.6. The predicted molar refractivity (Wildman–Crippen MR) is 149 cm³/mol. The summed E-state index contributed by atoms with van der Waals surface area (Å²) in [6, 6.07) is 11.5. The number of benzene rings is 2. The fourth-order valence-corrected chi connectivity index (χ4v) is 5.88. The van der Waals surface area contributed by atoms with Crippen LogP contribution in [-0.4, -0.2) is 68.8 Å². The Morgan fingerprint density at radius 2 is 1.81 bits per heavy atom. The van der Waals surface area contributed by atoms with Gasteiger partial charge in [-0.2, -0.15) is 5.10 Å². The third-order valence-corrected chi connectivity index (χ3v) is 8.08. The normalized spacial score (nSPS) is 19.4. The number of likely N-dealkylation sites (tertiary alicyclic amines) is 1. The molecule has 42 heavy (non-hydrogen) atoms. The van der Waals surface area contributed by atoms with Crippen LogP contribution in [0.2, 0.25) is 0 Å². The van der Waals surface area contributed by atoms with E-state index in [1.165, 1.54) is 10.7 Å². The van der Waals surface area contributed by atoms with Crippen LogP contribution in [0.15, 0.2) is 60.9 Å². The number of nitrogens with one attached hydrogen (secondary N) is 1. The molecule has 2 atom stereocenters. The number of hydrogen-bond donors (Lipinski definition) is 2. The first kappa shape index (κ1) is 27.7. The van der Waals surface area contributed by atoms with Crippen LogP contribution in [0.4, 0.5) is 24.7 Å². The van der Waals surface area contributed by atoms with Gasteiger partial charge in [0.15, 0.2) is 5.65 Å². The number of aliphatic hydroxyl groups excluding tert-OH is 1. The average Bonchev–Trinajstić information content (AvgIpc) is 3.61. The van der Waals surface area contributed by atoms with E-state index in [0.717, 1.165) is 36.6 Å². The molecular formula is C30H29F3N6O3. The zero-order valence-corrected chi connectivity index (χ0v) is 22.6. The summed E-state index contributed by atoms with van der Waals surface area (Å²) in [5.74, 6) is -1.33. The Labute approximate surface area is 239 Å². The van der Waals surface area contributed by atoms with Crippen molar-refractivity contribution in [2.45, 2.75) is 37.4 Å². The second-order valence-corrected chi connectivity index (χ2v) is 10.7. The molecule has 4 heterocycles. The van der Waals surface area contributed by atoms with Crippen LogP contribution >= 0.6 is 0 Å². The number of fused-ring (bicyclic) bond motifs is 1. The average molecular weight is 579 g/mol. The molecule has 218 valence electrons. The Bertz CT molecular complexity index is 1620. The smallest absolute Gasteiger partial charge is 0.261 e. The van der Waals surface area contributed by atoms with Crippen molar-refractivity contribution in [2.75, 3.05) is 36.5 Å². The molecule has 0 radical (unpaired) electrons. The highest BCUT2D eigenvalue weighted by Crippen LogP contribution is 2.38. The number of aliphatic hydroxyl groups is 1. The van der Waals surface area contributed by atoms with Crippen LogP contribution in [-0.2, 0) is 4.79 Å². The minimum atomic E-state index is -1.26. The Hall–Kier alpha value is -4.45. The summed E-state index contributed by atoms with van der Waals surface area (Å²) >= 11 is 0. The molecule has 0 saturated carbocycles. The zero-order chi connectivity index (χ0) is 29.4. The maximum absolute atomic E-state index is 14.6. The van der Waals surface area contributed by atoms with E-state index in [0.29, 0.717) is 24.6 Å². The summed E-state index contributed by atoms with van der Waals surface area (Å²) in [7, 11) is 0. The van der Waals surface area contributed by atoms with Gasteiger partial charge in [-0.15, -0.1) is 0 Å². The first-order valence-corrected chi connectivity index (χ1v) is 13.8. The summed E-state index contributed by atoms with van der Waals surface area (Å²) in [4.78, 5) is 32.8. The number of nitrogens with zero attached hydrogens (tertiary/aromatic N) is 5. The number of piperidine rings is 1. The van der Waals surface area contributed by atoms with Gasteiger partial charge in [-0.1, -0.05) is 12.1 Å². The summed E-state index contributed by atoms with van der Waals surface area (Å²) in [5.41, 5.74) is 2.18. The molecule has 0 spiro atoms. The largest absolute Gasteiger partial charge is 0.387 e. The van der Waals surface area contributed by atoms with Crippen molar-refractivity contribution in [2.24, 2.45) is 0 Å². The van der Waals surface area contributed by atoms with E-state index in [9.17, 15) is 22.8 Å². The summed E-state index contributed by atoms with van der Waals surface area (Å²) in [6.45, 7) is 0.651. The second kappa shape index (κ2) is 11.4. The highest BCUT2D eigenvalue weighted by molar-refractivity contribution is 6.08. The highest BCUT2D eigenvalue weighted by atomic mass is 19.1. The number of carbonyl (C=O) groups excluding carboxylic acids is 2. The van der Waals surface area contributed by atoms with Gasteiger partial charge >= 0.3 is 0 Å². The monoisotopic (exact) mass is 578 g/mol. The van der Waals surface area contributed by atoms with E-state index in [-0.39, 0.29) is 41.6 Å². The number of rotatable bonds is 6. The van der Waals surface area contributed by atoms with E-state index in [2.05, 4.69) is 15.4 Å². The van der Waals surface area contributed by atoms with Gasteiger partial charge in [-0.3, -0.25) is 9.59 Å². The van der Waals surface area contributed by atoms with Crippen LogP contribution in [0, 0.1) is 11.6 Å². The fourth-order valence-electron chi connectivity index (χ4n) is 5.88. The van der Waals surface area contributed by atoms with E-state index in [1.54, 1.807) is 22.1 Å². The number of halogens is 3. The molecule has 4 aromatic rings. The van der Waals surface area contributed by atoms with Crippen LogP contribution in [0.1, 0.15) is 52.7 Å². The summed E-state index contributed by atoms with van der Waals surface area (Å²) in [5, 5.41) is 16.1. The Balaban J connectivity index is 1.18. The third kappa shape index (κ3) is 5.41. The second-order valence-electron chi connectivity index (χ2n) is 10.7. The lowest BCUT2D eigenvalue weighted by molar-refractivity contribution is -0.135. The lowest BCUT2D eigenvalue weighted by Gasteiger charge is -2.32. The van der Waals surface area contributed by atoms with Crippen LogP contribution in [0.3, 0.4) is 0 Å².